The van der Waals surface area contributed by atoms with Crippen molar-refractivity contribution in [2.45, 2.75) is 19.0 Å². The Bertz CT molecular complexity index is 646. The minimum Gasteiger partial charge on any atom is -0.481 e. The Morgan fingerprint density at radius 3 is 2.95 bits per heavy atom. The molecule has 1 saturated heterocycles. The molecular formula is C13H17N7O2. The van der Waals surface area contributed by atoms with Gasteiger partial charge in [-0.25, -0.2) is 9.67 Å². The van der Waals surface area contributed by atoms with Gasteiger partial charge in [0.25, 0.3) is 0 Å². The van der Waals surface area contributed by atoms with Gasteiger partial charge in [-0.05, 0) is 0 Å². The fourth-order valence-corrected chi connectivity index (χ4v) is 2.61. The molecule has 0 aromatic carbocycles. The molecule has 0 spiro atoms. The third-order valence-corrected chi connectivity index (χ3v) is 3.57. The first-order chi connectivity index (χ1) is 10.7. The van der Waals surface area contributed by atoms with E-state index in [1.807, 2.05) is 4.90 Å². The number of methoxy groups -OCH3 is 1. The Morgan fingerprint density at radius 2 is 2.27 bits per heavy atom. The maximum absolute atomic E-state index is 11.4. The summed E-state index contributed by atoms with van der Waals surface area (Å²) in [5.41, 5.74) is 0. The lowest BCUT2D eigenvalue weighted by molar-refractivity contribution is -0.119. The van der Waals surface area contributed by atoms with Crippen molar-refractivity contribution in [3.63, 3.8) is 0 Å². The molecule has 0 aliphatic carbocycles. The van der Waals surface area contributed by atoms with Crippen molar-refractivity contribution in [2.75, 3.05) is 25.1 Å². The van der Waals surface area contributed by atoms with Gasteiger partial charge in [-0.1, -0.05) is 5.21 Å². The normalized spacial score (nSPS) is 20.9. The summed E-state index contributed by atoms with van der Waals surface area (Å²) in [4.78, 5) is 22.0. The van der Waals surface area contributed by atoms with Gasteiger partial charge in [0, 0.05) is 38.5 Å². The first kappa shape index (κ1) is 14.2. The van der Waals surface area contributed by atoms with Crippen molar-refractivity contribution >= 4 is 11.9 Å². The van der Waals surface area contributed by atoms with Crippen LogP contribution in [0.2, 0.25) is 0 Å². The van der Waals surface area contributed by atoms with Crippen molar-refractivity contribution in [3.05, 3.63) is 24.7 Å². The Morgan fingerprint density at radius 1 is 1.41 bits per heavy atom. The molecule has 1 aliphatic heterocycles. The largest absolute Gasteiger partial charge is 0.481 e. The molecule has 2 aromatic rings. The SMILES string of the molecule is COc1ccnc(N2C[C@@H](NC(C)=O)[C@@H](n3ccnn3)C2)n1. The number of aromatic nitrogens is 5. The van der Waals surface area contributed by atoms with Crippen molar-refractivity contribution in [1.82, 2.24) is 30.3 Å². The number of nitrogens with zero attached hydrogens (tertiary/aromatic N) is 6. The highest BCUT2D eigenvalue weighted by molar-refractivity contribution is 5.73. The first-order valence-corrected chi connectivity index (χ1v) is 6.92. The maximum atomic E-state index is 11.4. The molecule has 9 heteroatoms. The number of amides is 1. The van der Waals surface area contributed by atoms with Gasteiger partial charge in [-0.15, -0.1) is 5.10 Å². The van der Waals surface area contributed by atoms with Crippen molar-refractivity contribution in [3.8, 4) is 5.88 Å². The molecule has 0 radical (unpaired) electrons. The Kier molecular flexibility index (Phi) is 3.86. The predicted molar refractivity (Wildman–Crippen MR) is 77.5 cm³/mol. The van der Waals surface area contributed by atoms with E-state index in [0.717, 1.165) is 0 Å². The number of carbonyl (C=O) groups excluding carboxylic acids is 1. The van der Waals surface area contributed by atoms with Gasteiger partial charge in [0.15, 0.2) is 0 Å². The smallest absolute Gasteiger partial charge is 0.228 e. The molecule has 0 bridgehead atoms. The van der Waals surface area contributed by atoms with Crippen molar-refractivity contribution < 1.29 is 9.53 Å². The Hall–Kier alpha value is -2.71. The molecule has 1 amide bonds. The molecule has 1 N–H and O–H groups in total. The number of nitrogens with one attached hydrogen (secondary N) is 1. The summed E-state index contributed by atoms with van der Waals surface area (Å²) in [6, 6.07) is 1.58. The standard InChI is InChI=1S/C13H17N7O2/c1-9(21)16-10-7-19(8-11(10)20-6-5-15-18-20)13-14-4-3-12(17-13)22-2/h3-6,10-11H,7-8H2,1-2H3,(H,16,21)/t10-,11+/m1/s1. The topological polar surface area (TPSA) is 98.1 Å². The summed E-state index contributed by atoms with van der Waals surface area (Å²) < 4.78 is 6.88. The molecule has 2 atom stereocenters. The first-order valence-electron chi connectivity index (χ1n) is 6.92. The fourth-order valence-electron chi connectivity index (χ4n) is 2.61. The zero-order valence-electron chi connectivity index (χ0n) is 12.4. The van der Waals surface area contributed by atoms with E-state index in [2.05, 4.69) is 25.6 Å². The molecule has 1 fully saturated rings. The van der Waals surface area contributed by atoms with Crippen LogP contribution in [0.4, 0.5) is 5.95 Å². The van der Waals surface area contributed by atoms with Crippen LogP contribution in [0.15, 0.2) is 24.7 Å². The van der Waals surface area contributed by atoms with Crippen molar-refractivity contribution in [1.29, 1.82) is 0 Å². The van der Waals surface area contributed by atoms with Crippen LogP contribution in [-0.4, -0.2) is 57.1 Å². The van der Waals surface area contributed by atoms with Crippen LogP contribution in [0.3, 0.4) is 0 Å². The van der Waals surface area contributed by atoms with E-state index >= 15 is 0 Å². The van der Waals surface area contributed by atoms with Crippen LogP contribution in [-0.2, 0) is 4.79 Å². The second kappa shape index (κ2) is 5.96. The molecule has 22 heavy (non-hydrogen) atoms. The van der Waals surface area contributed by atoms with Gasteiger partial charge in [0.1, 0.15) is 0 Å². The average Bonchev–Trinajstić information content (AvgIpc) is 3.16. The van der Waals surface area contributed by atoms with E-state index < -0.39 is 0 Å². The van der Waals surface area contributed by atoms with Gasteiger partial charge in [-0.2, -0.15) is 4.98 Å². The summed E-state index contributed by atoms with van der Waals surface area (Å²) in [5.74, 6) is 0.992. The quantitative estimate of drug-likeness (QED) is 0.823. The van der Waals surface area contributed by atoms with Crippen LogP contribution >= 0.6 is 0 Å². The maximum Gasteiger partial charge on any atom is 0.228 e. The summed E-state index contributed by atoms with van der Waals surface area (Å²) >= 11 is 0. The van der Waals surface area contributed by atoms with Crippen LogP contribution in [0.1, 0.15) is 13.0 Å². The third kappa shape index (κ3) is 2.83. The molecule has 2 aromatic heterocycles. The lowest BCUT2D eigenvalue weighted by Gasteiger charge is -2.18. The van der Waals surface area contributed by atoms with Crippen LogP contribution in [0, 0.1) is 0 Å². The van der Waals surface area contributed by atoms with Gasteiger partial charge in [-0.3, -0.25) is 4.79 Å². The molecule has 0 saturated carbocycles. The summed E-state index contributed by atoms with van der Waals surface area (Å²) in [6.07, 6.45) is 5.06. The highest BCUT2D eigenvalue weighted by Crippen LogP contribution is 2.25. The van der Waals surface area contributed by atoms with E-state index in [1.54, 1.807) is 36.4 Å². The van der Waals surface area contributed by atoms with Crippen LogP contribution < -0.4 is 15.0 Å². The number of ether oxygens (including phenoxy) is 1. The highest BCUT2D eigenvalue weighted by atomic mass is 16.5. The summed E-state index contributed by atoms with van der Waals surface area (Å²) in [5, 5.41) is 10.8. The minimum atomic E-state index is -0.0889. The summed E-state index contributed by atoms with van der Waals surface area (Å²) in [6.45, 7) is 2.72. The fraction of sp³-hybridized carbons (Fsp3) is 0.462. The number of hydrogen-bond acceptors (Lipinski definition) is 7. The Labute approximate surface area is 127 Å². The van der Waals surface area contributed by atoms with Gasteiger partial charge < -0.3 is 15.0 Å². The van der Waals surface area contributed by atoms with E-state index in [9.17, 15) is 4.79 Å². The Balaban J connectivity index is 1.84. The second-order valence-corrected chi connectivity index (χ2v) is 5.06. The van der Waals surface area contributed by atoms with E-state index in [0.29, 0.717) is 24.9 Å². The lowest BCUT2D eigenvalue weighted by atomic mass is 10.2. The molecule has 3 heterocycles. The summed E-state index contributed by atoms with van der Waals surface area (Å²) in [7, 11) is 1.56. The molecule has 1 aliphatic rings. The van der Waals surface area contributed by atoms with E-state index in [4.69, 9.17) is 4.74 Å². The molecular weight excluding hydrogens is 286 g/mol. The van der Waals surface area contributed by atoms with Crippen LogP contribution in [0.25, 0.3) is 0 Å². The van der Waals surface area contributed by atoms with Crippen LogP contribution in [0.5, 0.6) is 5.88 Å². The number of carbonyl (C=O) groups is 1. The number of rotatable bonds is 4. The average molecular weight is 303 g/mol. The monoisotopic (exact) mass is 303 g/mol. The third-order valence-electron chi connectivity index (χ3n) is 3.57. The zero-order chi connectivity index (χ0) is 15.5. The highest BCUT2D eigenvalue weighted by Gasteiger charge is 2.36. The molecule has 9 nitrogen and oxygen atoms in total. The van der Waals surface area contributed by atoms with E-state index in [1.165, 1.54) is 6.92 Å². The second-order valence-electron chi connectivity index (χ2n) is 5.06. The molecule has 0 unspecified atom stereocenters. The minimum absolute atomic E-state index is 0.0267. The molecule has 116 valence electrons. The molecule has 3 rings (SSSR count). The van der Waals surface area contributed by atoms with Gasteiger partial charge in [0.05, 0.1) is 25.4 Å². The lowest BCUT2D eigenvalue weighted by Crippen LogP contribution is -2.40. The number of hydrogen-bond donors (Lipinski definition) is 1. The number of anilines is 1. The van der Waals surface area contributed by atoms with Crippen molar-refractivity contribution in [2.24, 2.45) is 0 Å². The van der Waals surface area contributed by atoms with E-state index in [-0.39, 0.29) is 18.0 Å². The van der Waals surface area contributed by atoms with Gasteiger partial charge >= 0.3 is 0 Å². The van der Waals surface area contributed by atoms with Gasteiger partial charge in [0.2, 0.25) is 17.7 Å². The predicted octanol–water partition coefficient (Wildman–Crippen LogP) is -0.357. The zero-order valence-corrected chi connectivity index (χ0v) is 12.4.